The number of Topliss-reactive ketones (excluding diaryl/α,β-unsaturated/α-hetero) is 1. The molecule has 3 heteroatoms. The van der Waals surface area contributed by atoms with Crippen molar-refractivity contribution in [1.82, 2.24) is 5.32 Å². The molecule has 2 aromatic rings. The Morgan fingerprint density at radius 1 is 1.25 bits per heavy atom. The Bertz CT molecular complexity index is 751. The summed E-state index contributed by atoms with van der Waals surface area (Å²) in [4.78, 5) is 12.0. The van der Waals surface area contributed by atoms with Gasteiger partial charge in [0.15, 0.2) is 5.78 Å². The van der Waals surface area contributed by atoms with Gasteiger partial charge in [0.1, 0.15) is 0 Å². The van der Waals surface area contributed by atoms with Crippen LogP contribution >= 0.6 is 11.3 Å². The van der Waals surface area contributed by atoms with Gasteiger partial charge in [0.25, 0.3) is 0 Å². The van der Waals surface area contributed by atoms with Crippen molar-refractivity contribution in [3.8, 4) is 0 Å². The molecule has 0 bridgehead atoms. The number of carbonyl (C=O) groups is 1. The van der Waals surface area contributed by atoms with E-state index in [4.69, 9.17) is 0 Å². The van der Waals surface area contributed by atoms with Crippen LogP contribution in [0.3, 0.4) is 0 Å². The SMILES string of the molecule is CC(=O)C1=C(C)NC(C)=CC1c1csc2ccccc12. The van der Waals surface area contributed by atoms with Gasteiger partial charge in [-0.1, -0.05) is 24.3 Å². The highest BCUT2D eigenvalue weighted by Crippen LogP contribution is 2.38. The zero-order chi connectivity index (χ0) is 14.3. The topological polar surface area (TPSA) is 29.1 Å². The number of rotatable bonds is 2. The number of hydrogen-bond donors (Lipinski definition) is 1. The zero-order valence-electron chi connectivity index (χ0n) is 11.9. The van der Waals surface area contributed by atoms with Crippen LogP contribution in [0.5, 0.6) is 0 Å². The highest BCUT2D eigenvalue weighted by molar-refractivity contribution is 7.17. The first-order valence-corrected chi connectivity index (χ1v) is 7.59. The van der Waals surface area contributed by atoms with E-state index in [1.165, 1.54) is 15.6 Å². The minimum absolute atomic E-state index is 0.0601. The zero-order valence-corrected chi connectivity index (χ0v) is 12.7. The van der Waals surface area contributed by atoms with Crippen LogP contribution in [0, 0.1) is 0 Å². The van der Waals surface area contributed by atoms with Crippen LogP contribution < -0.4 is 5.32 Å². The van der Waals surface area contributed by atoms with Gasteiger partial charge >= 0.3 is 0 Å². The van der Waals surface area contributed by atoms with E-state index in [0.29, 0.717) is 0 Å². The monoisotopic (exact) mass is 283 g/mol. The van der Waals surface area contributed by atoms with Gasteiger partial charge in [-0.3, -0.25) is 4.79 Å². The Hall–Kier alpha value is -1.87. The number of nitrogens with one attached hydrogen (secondary N) is 1. The molecule has 1 unspecified atom stereocenters. The molecule has 1 aliphatic heterocycles. The summed E-state index contributed by atoms with van der Waals surface area (Å²) in [6.07, 6.45) is 2.15. The van der Waals surface area contributed by atoms with Gasteiger partial charge in [-0.2, -0.15) is 0 Å². The van der Waals surface area contributed by atoms with Crippen LogP contribution in [0.1, 0.15) is 32.3 Å². The lowest BCUT2D eigenvalue weighted by atomic mass is 9.85. The lowest BCUT2D eigenvalue weighted by molar-refractivity contribution is -0.113. The fourth-order valence-electron chi connectivity index (χ4n) is 2.94. The van der Waals surface area contributed by atoms with Gasteiger partial charge in [0, 0.05) is 27.6 Å². The smallest absolute Gasteiger partial charge is 0.158 e. The quantitative estimate of drug-likeness (QED) is 0.887. The number of hydrogen-bond acceptors (Lipinski definition) is 3. The molecular weight excluding hydrogens is 266 g/mol. The molecule has 0 saturated heterocycles. The molecule has 102 valence electrons. The molecule has 0 amide bonds. The number of fused-ring (bicyclic) bond motifs is 1. The van der Waals surface area contributed by atoms with Crippen molar-refractivity contribution in [2.24, 2.45) is 0 Å². The number of thiophene rings is 1. The van der Waals surface area contributed by atoms with Crippen molar-refractivity contribution in [3.63, 3.8) is 0 Å². The standard InChI is InChI=1S/C17H17NOS/c1-10-8-14(17(12(3)19)11(2)18-10)15-9-20-16-7-5-4-6-13(15)16/h4-9,14,18H,1-3H3. The first kappa shape index (κ1) is 13.1. The second-order valence-electron chi connectivity index (χ2n) is 5.23. The van der Waals surface area contributed by atoms with Crippen LogP contribution in [0.25, 0.3) is 10.1 Å². The molecule has 0 fully saturated rings. The van der Waals surface area contributed by atoms with Crippen LogP contribution in [0.2, 0.25) is 0 Å². The fourth-order valence-corrected chi connectivity index (χ4v) is 3.94. The van der Waals surface area contributed by atoms with Crippen LogP contribution in [-0.4, -0.2) is 5.78 Å². The molecule has 3 rings (SSSR count). The Morgan fingerprint density at radius 3 is 2.75 bits per heavy atom. The molecule has 1 aromatic carbocycles. The van der Waals surface area contributed by atoms with E-state index in [0.717, 1.165) is 17.0 Å². The highest BCUT2D eigenvalue weighted by Gasteiger charge is 2.26. The van der Waals surface area contributed by atoms with Crippen molar-refractivity contribution in [3.05, 3.63) is 58.3 Å². The largest absolute Gasteiger partial charge is 0.363 e. The number of benzene rings is 1. The predicted octanol–water partition coefficient (Wildman–Crippen LogP) is 4.35. The van der Waals surface area contributed by atoms with E-state index in [1.807, 2.05) is 13.8 Å². The second-order valence-corrected chi connectivity index (χ2v) is 6.15. The first-order chi connectivity index (χ1) is 9.58. The highest BCUT2D eigenvalue weighted by atomic mass is 32.1. The minimum Gasteiger partial charge on any atom is -0.363 e. The normalized spacial score (nSPS) is 18.9. The van der Waals surface area contributed by atoms with Gasteiger partial charge < -0.3 is 5.32 Å². The first-order valence-electron chi connectivity index (χ1n) is 6.71. The molecule has 1 aromatic heterocycles. The number of dihydropyridines is 1. The third kappa shape index (κ3) is 2.08. The number of carbonyl (C=O) groups excluding carboxylic acids is 1. The number of allylic oxidation sites excluding steroid dienone is 4. The summed E-state index contributed by atoms with van der Waals surface area (Å²) >= 11 is 1.74. The van der Waals surface area contributed by atoms with Crippen molar-refractivity contribution >= 4 is 27.2 Å². The average Bonchev–Trinajstić information content (AvgIpc) is 2.80. The van der Waals surface area contributed by atoms with Gasteiger partial charge in [-0.25, -0.2) is 0 Å². The molecule has 1 atom stereocenters. The lowest BCUT2D eigenvalue weighted by Gasteiger charge is -2.25. The van der Waals surface area contributed by atoms with E-state index in [1.54, 1.807) is 18.3 Å². The van der Waals surface area contributed by atoms with Crippen molar-refractivity contribution in [1.29, 1.82) is 0 Å². The third-order valence-electron chi connectivity index (χ3n) is 3.74. The van der Waals surface area contributed by atoms with Gasteiger partial charge in [0.2, 0.25) is 0 Å². The summed E-state index contributed by atoms with van der Waals surface area (Å²) < 4.78 is 1.27. The minimum atomic E-state index is 0.0601. The molecule has 0 spiro atoms. The van der Waals surface area contributed by atoms with E-state index in [-0.39, 0.29) is 11.7 Å². The summed E-state index contributed by atoms with van der Waals surface area (Å²) in [7, 11) is 0. The van der Waals surface area contributed by atoms with Gasteiger partial charge in [-0.15, -0.1) is 11.3 Å². The molecule has 2 nitrogen and oxygen atoms in total. The van der Waals surface area contributed by atoms with Crippen LogP contribution in [0.15, 0.2) is 52.7 Å². The molecular formula is C17H17NOS. The average molecular weight is 283 g/mol. The molecule has 1 aliphatic rings. The molecule has 1 N–H and O–H groups in total. The lowest BCUT2D eigenvalue weighted by Crippen LogP contribution is -2.23. The Labute approximate surface area is 122 Å². The molecule has 0 saturated carbocycles. The maximum absolute atomic E-state index is 12.0. The molecule has 0 aliphatic carbocycles. The summed E-state index contributed by atoms with van der Waals surface area (Å²) in [6, 6.07) is 8.38. The summed E-state index contributed by atoms with van der Waals surface area (Å²) in [5.74, 6) is 0.198. The Morgan fingerprint density at radius 2 is 2.00 bits per heavy atom. The third-order valence-corrected chi connectivity index (χ3v) is 4.72. The molecule has 2 heterocycles. The Balaban J connectivity index is 2.20. The van der Waals surface area contributed by atoms with E-state index in [9.17, 15) is 4.79 Å². The van der Waals surface area contributed by atoms with Gasteiger partial charge in [0.05, 0.1) is 0 Å². The van der Waals surface area contributed by atoms with E-state index >= 15 is 0 Å². The van der Waals surface area contributed by atoms with E-state index in [2.05, 4.69) is 41.0 Å². The summed E-state index contributed by atoms with van der Waals surface area (Å²) in [5.41, 5.74) is 4.18. The van der Waals surface area contributed by atoms with Crippen LogP contribution in [-0.2, 0) is 4.79 Å². The second kappa shape index (κ2) is 4.91. The predicted molar refractivity (Wildman–Crippen MR) is 84.8 cm³/mol. The maximum atomic E-state index is 12.0. The van der Waals surface area contributed by atoms with Gasteiger partial charge in [-0.05, 0) is 43.2 Å². The number of ketones is 1. The fraction of sp³-hybridized carbons (Fsp3) is 0.235. The Kier molecular flexibility index (Phi) is 3.22. The van der Waals surface area contributed by atoms with Crippen LogP contribution in [0.4, 0.5) is 0 Å². The van der Waals surface area contributed by atoms with Crippen molar-refractivity contribution in [2.75, 3.05) is 0 Å². The maximum Gasteiger partial charge on any atom is 0.158 e. The van der Waals surface area contributed by atoms with Crippen molar-refractivity contribution in [2.45, 2.75) is 26.7 Å². The summed E-state index contributed by atoms with van der Waals surface area (Å²) in [5, 5.41) is 6.71. The van der Waals surface area contributed by atoms with E-state index < -0.39 is 0 Å². The molecule has 20 heavy (non-hydrogen) atoms. The summed E-state index contributed by atoms with van der Waals surface area (Å²) in [6.45, 7) is 5.67. The molecule has 0 radical (unpaired) electrons. The van der Waals surface area contributed by atoms with Crippen molar-refractivity contribution < 1.29 is 4.79 Å².